The fraction of sp³-hybridized carbons (Fsp3) is 0.200. The minimum absolute atomic E-state index is 0.193. The summed E-state index contributed by atoms with van der Waals surface area (Å²) in [5.41, 5.74) is 5.34. The van der Waals surface area contributed by atoms with Gasteiger partial charge in [0.2, 0.25) is 0 Å². The Morgan fingerprint density at radius 1 is 1.08 bits per heavy atom. The van der Waals surface area contributed by atoms with Gasteiger partial charge in [-0.1, -0.05) is 29.5 Å². The van der Waals surface area contributed by atoms with Crippen LogP contribution in [-0.2, 0) is 5.75 Å². The average molecular weight is 354 g/mol. The van der Waals surface area contributed by atoms with Crippen molar-refractivity contribution in [1.82, 2.24) is 9.55 Å². The first kappa shape index (κ1) is 17.4. The molecule has 0 saturated heterocycles. The van der Waals surface area contributed by atoms with Crippen LogP contribution < -0.4 is 5.56 Å². The van der Waals surface area contributed by atoms with E-state index in [1.54, 1.807) is 24.5 Å². The quantitative estimate of drug-likeness (QED) is 0.643. The van der Waals surface area contributed by atoms with Gasteiger partial charge in [0.1, 0.15) is 5.82 Å². The van der Waals surface area contributed by atoms with Gasteiger partial charge < -0.3 is 0 Å². The van der Waals surface area contributed by atoms with Crippen molar-refractivity contribution < 1.29 is 4.39 Å². The van der Waals surface area contributed by atoms with Crippen molar-refractivity contribution in [2.75, 3.05) is 0 Å². The van der Waals surface area contributed by atoms with Gasteiger partial charge in [0, 0.05) is 23.8 Å². The Morgan fingerprint density at radius 3 is 2.36 bits per heavy atom. The highest BCUT2D eigenvalue weighted by Gasteiger charge is 2.10. The molecule has 3 rings (SSSR count). The Kier molecular flexibility index (Phi) is 5.04. The number of hydrogen-bond acceptors (Lipinski definition) is 3. The van der Waals surface area contributed by atoms with Crippen LogP contribution in [0.2, 0.25) is 0 Å². The predicted molar refractivity (Wildman–Crippen MR) is 100 cm³/mol. The van der Waals surface area contributed by atoms with Gasteiger partial charge in [-0.2, -0.15) is 0 Å². The summed E-state index contributed by atoms with van der Waals surface area (Å²) in [5.74, 6) is 0.360. The molecule has 0 aliphatic heterocycles. The van der Waals surface area contributed by atoms with E-state index in [-0.39, 0.29) is 11.4 Å². The maximum Gasteiger partial charge on any atom is 0.287 e. The first-order valence-electron chi connectivity index (χ1n) is 7.99. The SMILES string of the molecule is Cc1cc(C)c(CSc2nccn(-c3ccc(F)cc3)c2=O)c(C)c1. The van der Waals surface area contributed by atoms with Gasteiger partial charge in [-0.25, -0.2) is 9.37 Å². The highest BCUT2D eigenvalue weighted by Crippen LogP contribution is 2.24. The van der Waals surface area contributed by atoms with E-state index >= 15 is 0 Å². The van der Waals surface area contributed by atoms with Crippen LogP contribution in [0.25, 0.3) is 5.69 Å². The van der Waals surface area contributed by atoms with Gasteiger partial charge in [-0.05, 0) is 61.7 Å². The summed E-state index contributed by atoms with van der Waals surface area (Å²) >= 11 is 1.43. The summed E-state index contributed by atoms with van der Waals surface area (Å²) < 4.78 is 14.6. The van der Waals surface area contributed by atoms with Gasteiger partial charge in [-0.3, -0.25) is 9.36 Å². The Morgan fingerprint density at radius 2 is 1.72 bits per heavy atom. The molecule has 3 nitrogen and oxygen atoms in total. The molecule has 128 valence electrons. The van der Waals surface area contributed by atoms with Gasteiger partial charge in [0.25, 0.3) is 5.56 Å². The van der Waals surface area contributed by atoms with E-state index in [2.05, 4.69) is 37.9 Å². The number of halogens is 1. The summed E-state index contributed by atoms with van der Waals surface area (Å²) in [6, 6.07) is 10.2. The van der Waals surface area contributed by atoms with Crippen LogP contribution in [-0.4, -0.2) is 9.55 Å². The largest absolute Gasteiger partial charge is 0.287 e. The third kappa shape index (κ3) is 3.82. The van der Waals surface area contributed by atoms with Crippen LogP contribution in [0.5, 0.6) is 0 Å². The molecular formula is C20H19FN2OS. The Bertz CT molecular complexity index is 941. The molecular weight excluding hydrogens is 335 g/mol. The Balaban J connectivity index is 1.88. The molecule has 0 radical (unpaired) electrons. The molecule has 0 fully saturated rings. The van der Waals surface area contributed by atoms with E-state index in [4.69, 9.17) is 0 Å². The van der Waals surface area contributed by atoms with Gasteiger partial charge in [0.05, 0.1) is 0 Å². The molecule has 2 aromatic carbocycles. The molecule has 0 bridgehead atoms. The number of rotatable bonds is 4. The molecule has 0 spiro atoms. The van der Waals surface area contributed by atoms with Crippen LogP contribution in [0, 0.1) is 26.6 Å². The fourth-order valence-electron chi connectivity index (χ4n) is 2.88. The van der Waals surface area contributed by atoms with Crippen LogP contribution in [0.1, 0.15) is 22.3 Å². The zero-order chi connectivity index (χ0) is 18.0. The number of aryl methyl sites for hydroxylation is 3. The number of hydrogen-bond donors (Lipinski definition) is 0. The van der Waals surface area contributed by atoms with Crippen LogP contribution >= 0.6 is 11.8 Å². The lowest BCUT2D eigenvalue weighted by Gasteiger charge is -2.11. The highest BCUT2D eigenvalue weighted by atomic mass is 32.2. The van der Waals surface area contributed by atoms with Gasteiger partial charge >= 0.3 is 0 Å². The smallest absolute Gasteiger partial charge is 0.280 e. The normalized spacial score (nSPS) is 10.9. The van der Waals surface area contributed by atoms with E-state index in [0.29, 0.717) is 16.5 Å². The van der Waals surface area contributed by atoms with Crippen LogP contribution in [0.4, 0.5) is 4.39 Å². The summed E-state index contributed by atoms with van der Waals surface area (Å²) in [4.78, 5) is 16.9. The molecule has 3 aromatic rings. The Hall–Kier alpha value is -2.40. The average Bonchev–Trinajstić information content (AvgIpc) is 2.56. The third-order valence-electron chi connectivity index (χ3n) is 4.11. The molecule has 0 N–H and O–H groups in total. The van der Waals surface area contributed by atoms with Crippen molar-refractivity contribution in [1.29, 1.82) is 0 Å². The second kappa shape index (κ2) is 7.23. The molecule has 0 unspecified atom stereocenters. The molecule has 25 heavy (non-hydrogen) atoms. The van der Waals surface area contributed by atoms with E-state index in [1.807, 2.05) is 0 Å². The molecule has 0 amide bonds. The summed E-state index contributed by atoms with van der Waals surface area (Å²) in [6.07, 6.45) is 3.20. The van der Waals surface area contributed by atoms with Gasteiger partial charge in [0.15, 0.2) is 5.03 Å². The molecule has 0 aliphatic rings. The lowest BCUT2D eigenvalue weighted by molar-refractivity contribution is 0.627. The van der Waals surface area contributed by atoms with Crippen molar-refractivity contribution in [2.45, 2.75) is 31.6 Å². The lowest BCUT2D eigenvalue weighted by atomic mass is 10.0. The van der Waals surface area contributed by atoms with E-state index < -0.39 is 0 Å². The number of nitrogens with zero attached hydrogens (tertiary/aromatic N) is 2. The summed E-state index contributed by atoms with van der Waals surface area (Å²) in [5, 5.41) is 0.436. The van der Waals surface area contributed by atoms with Crippen molar-refractivity contribution in [3.63, 3.8) is 0 Å². The van der Waals surface area contributed by atoms with Crippen LogP contribution in [0.15, 0.2) is 58.6 Å². The van der Waals surface area contributed by atoms with Crippen molar-refractivity contribution in [3.05, 3.63) is 87.2 Å². The van der Waals surface area contributed by atoms with E-state index in [1.165, 1.54) is 50.7 Å². The number of thioether (sulfide) groups is 1. The summed E-state index contributed by atoms with van der Waals surface area (Å²) in [7, 11) is 0. The minimum Gasteiger partial charge on any atom is -0.280 e. The lowest BCUT2D eigenvalue weighted by Crippen LogP contribution is -2.20. The van der Waals surface area contributed by atoms with E-state index in [9.17, 15) is 9.18 Å². The van der Waals surface area contributed by atoms with Crippen molar-refractivity contribution >= 4 is 11.8 Å². The molecule has 1 aromatic heterocycles. The minimum atomic E-state index is -0.328. The molecule has 1 heterocycles. The zero-order valence-corrected chi connectivity index (χ0v) is 15.2. The first-order valence-corrected chi connectivity index (χ1v) is 8.97. The van der Waals surface area contributed by atoms with Crippen LogP contribution in [0.3, 0.4) is 0 Å². The van der Waals surface area contributed by atoms with E-state index in [0.717, 1.165) is 0 Å². The highest BCUT2D eigenvalue weighted by molar-refractivity contribution is 7.98. The molecule has 0 atom stereocenters. The van der Waals surface area contributed by atoms with Crippen molar-refractivity contribution in [3.8, 4) is 5.69 Å². The summed E-state index contributed by atoms with van der Waals surface area (Å²) in [6.45, 7) is 6.26. The second-order valence-corrected chi connectivity index (χ2v) is 7.01. The molecule has 0 saturated carbocycles. The first-order chi connectivity index (χ1) is 12.0. The molecule has 5 heteroatoms. The predicted octanol–water partition coefficient (Wildman–Crippen LogP) is 4.59. The maximum atomic E-state index is 13.1. The molecule has 0 aliphatic carbocycles. The second-order valence-electron chi connectivity index (χ2n) is 6.05. The monoisotopic (exact) mass is 354 g/mol. The van der Waals surface area contributed by atoms with Gasteiger partial charge in [-0.15, -0.1) is 0 Å². The fourth-order valence-corrected chi connectivity index (χ4v) is 3.97. The maximum absolute atomic E-state index is 13.1. The zero-order valence-electron chi connectivity index (χ0n) is 14.4. The topological polar surface area (TPSA) is 34.9 Å². The van der Waals surface area contributed by atoms with Crippen molar-refractivity contribution in [2.24, 2.45) is 0 Å². The third-order valence-corrected chi connectivity index (χ3v) is 5.09. The Labute approximate surface area is 150 Å². The number of aromatic nitrogens is 2. The number of benzene rings is 2. The standard InChI is InChI=1S/C20H19FN2OS/c1-13-10-14(2)18(15(3)11-13)12-25-19-20(24)23(9-8-22-19)17-6-4-16(21)5-7-17/h4-11H,12H2,1-3H3.